The van der Waals surface area contributed by atoms with Crippen molar-refractivity contribution in [1.29, 1.82) is 0 Å². The molecule has 0 N–H and O–H groups in total. The van der Waals surface area contributed by atoms with Crippen LogP contribution in [0.1, 0.15) is 49.2 Å². The number of para-hydroxylation sites is 1. The number of aromatic nitrogens is 4. The zero-order chi connectivity index (χ0) is 22.6. The first-order chi connectivity index (χ1) is 16.3. The van der Waals surface area contributed by atoms with Crippen molar-refractivity contribution < 1.29 is 21.9 Å². The van der Waals surface area contributed by atoms with Crippen LogP contribution in [-0.4, -0.2) is 65.5 Å². The van der Waals surface area contributed by atoms with E-state index in [9.17, 15) is 0 Å². The molecule has 1 unspecified atom stereocenters. The number of halogens is 1. The predicted octanol–water partition coefficient (Wildman–Crippen LogP) is 0.721. The summed E-state index contributed by atoms with van der Waals surface area (Å²) in [6, 6.07) is 16.9. The number of ether oxygens (including phenoxy) is 2. The van der Waals surface area contributed by atoms with Crippen LogP contribution in [-0.2, 0) is 0 Å². The summed E-state index contributed by atoms with van der Waals surface area (Å²) in [5.74, 6) is 2.68. The number of hydrogen-bond acceptors (Lipinski definition) is 7. The van der Waals surface area contributed by atoms with Crippen molar-refractivity contribution in [3.63, 3.8) is 0 Å². The summed E-state index contributed by atoms with van der Waals surface area (Å²) in [5, 5.41) is 13.1. The molecule has 0 spiro atoms. The van der Waals surface area contributed by atoms with E-state index < -0.39 is 0 Å². The molecular weight excluding hydrogens is 452 g/mol. The van der Waals surface area contributed by atoms with E-state index in [4.69, 9.17) is 9.47 Å². The van der Waals surface area contributed by atoms with E-state index >= 15 is 0 Å². The van der Waals surface area contributed by atoms with Crippen molar-refractivity contribution in [2.45, 2.75) is 37.8 Å². The summed E-state index contributed by atoms with van der Waals surface area (Å²) >= 11 is 0. The van der Waals surface area contributed by atoms with Crippen LogP contribution in [0.25, 0.3) is 0 Å². The third kappa shape index (κ3) is 4.83. The van der Waals surface area contributed by atoms with Gasteiger partial charge in [-0.25, -0.2) is 4.68 Å². The molecule has 1 aliphatic heterocycles. The molecule has 1 aromatic heterocycles. The van der Waals surface area contributed by atoms with Gasteiger partial charge in [-0.05, 0) is 53.6 Å². The molecule has 182 valence electrons. The topological polar surface area (TPSA) is 68.5 Å². The first-order valence-corrected chi connectivity index (χ1v) is 11.8. The fraction of sp³-hybridized carbons (Fsp3) is 0.480. The van der Waals surface area contributed by atoms with Gasteiger partial charge in [-0.3, -0.25) is 4.90 Å². The molecule has 5 rings (SSSR count). The van der Waals surface area contributed by atoms with Gasteiger partial charge in [-0.1, -0.05) is 31.0 Å². The first kappa shape index (κ1) is 24.3. The molecule has 2 fully saturated rings. The van der Waals surface area contributed by atoms with Crippen molar-refractivity contribution in [3.8, 4) is 11.5 Å². The summed E-state index contributed by atoms with van der Waals surface area (Å²) in [7, 11) is 3.43. The molecule has 2 aromatic carbocycles. The smallest absolute Gasteiger partial charge is 0.173 e. The van der Waals surface area contributed by atoms with Gasteiger partial charge in [-0.15, -0.1) is 5.10 Å². The monoisotopic (exact) mass is 483 g/mol. The van der Waals surface area contributed by atoms with Gasteiger partial charge in [0.25, 0.3) is 0 Å². The number of piperazine rings is 1. The number of benzene rings is 2. The van der Waals surface area contributed by atoms with Gasteiger partial charge in [0.1, 0.15) is 17.5 Å². The van der Waals surface area contributed by atoms with Crippen molar-refractivity contribution >= 4 is 5.69 Å². The van der Waals surface area contributed by atoms with Crippen LogP contribution >= 0.6 is 0 Å². The van der Waals surface area contributed by atoms with E-state index in [0.29, 0.717) is 6.04 Å². The average molecular weight is 484 g/mol. The summed E-state index contributed by atoms with van der Waals surface area (Å²) in [5.41, 5.74) is 2.34. The number of anilines is 1. The number of nitrogens with zero attached hydrogens (tertiary/aromatic N) is 6. The van der Waals surface area contributed by atoms with Gasteiger partial charge < -0.3 is 26.8 Å². The van der Waals surface area contributed by atoms with Crippen LogP contribution in [0, 0.1) is 0 Å². The molecule has 1 aliphatic carbocycles. The molecule has 0 radical (unpaired) electrons. The molecule has 0 amide bonds. The highest BCUT2D eigenvalue weighted by Gasteiger charge is 2.34. The second kappa shape index (κ2) is 11.1. The van der Waals surface area contributed by atoms with E-state index in [1.54, 1.807) is 14.2 Å². The van der Waals surface area contributed by atoms with Crippen LogP contribution in [0.15, 0.2) is 48.5 Å². The lowest BCUT2D eigenvalue weighted by Crippen LogP contribution is -3.00. The summed E-state index contributed by atoms with van der Waals surface area (Å²) < 4.78 is 13.2. The molecule has 1 atom stereocenters. The highest BCUT2D eigenvalue weighted by atomic mass is 35.5. The minimum Gasteiger partial charge on any atom is -1.00 e. The van der Waals surface area contributed by atoms with E-state index in [1.165, 1.54) is 18.5 Å². The molecule has 1 saturated carbocycles. The summed E-state index contributed by atoms with van der Waals surface area (Å²) in [6.07, 6.45) is 4.76. The van der Waals surface area contributed by atoms with E-state index in [0.717, 1.165) is 61.9 Å². The number of hydrogen-bond donors (Lipinski definition) is 0. The van der Waals surface area contributed by atoms with Gasteiger partial charge in [0.05, 0.1) is 20.3 Å². The molecule has 2 aliphatic rings. The third-order valence-corrected chi connectivity index (χ3v) is 6.98. The fourth-order valence-corrected chi connectivity index (χ4v) is 5.21. The average Bonchev–Trinajstić information content (AvgIpc) is 3.57. The van der Waals surface area contributed by atoms with Crippen LogP contribution in [0.5, 0.6) is 11.5 Å². The Morgan fingerprint density at radius 2 is 1.59 bits per heavy atom. The fourth-order valence-electron chi connectivity index (χ4n) is 5.21. The molecule has 34 heavy (non-hydrogen) atoms. The zero-order valence-corrected chi connectivity index (χ0v) is 20.6. The maximum Gasteiger partial charge on any atom is 0.173 e. The summed E-state index contributed by atoms with van der Waals surface area (Å²) in [4.78, 5) is 4.92. The van der Waals surface area contributed by atoms with Crippen LogP contribution < -0.4 is 26.8 Å². The van der Waals surface area contributed by atoms with Gasteiger partial charge in [0.2, 0.25) is 0 Å². The van der Waals surface area contributed by atoms with E-state index in [2.05, 4.69) is 54.3 Å². The second-order valence-corrected chi connectivity index (χ2v) is 8.79. The van der Waals surface area contributed by atoms with Gasteiger partial charge in [0, 0.05) is 37.4 Å². The Balaban J connectivity index is 0.00000274. The Morgan fingerprint density at radius 3 is 2.26 bits per heavy atom. The molecular formula is C25H32ClN6O2-. The maximum atomic E-state index is 5.77. The van der Waals surface area contributed by atoms with Crippen LogP contribution in [0.2, 0.25) is 0 Å². The number of tetrazole rings is 1. The minimum atomic E-state index is -0.0465. The molecule has 1 saturated heterocycles. The number of rotatable bonds is 7. The Hall–Kier alpha value is -2.84. The van der Waals surface area contributed by atoms with E-state index in [1.807, 2.05) is 24.3 Å². The molecule has 2 heterocycles. The molecule has 3 aromatic rings. The SMILES string of the molecule is COc1ccc(N2CCN(C(c3ccccc3OC)c3nnnn3C3CCCC3)CC2)cc1.[Cl-]. The Kier molecular flexibility index (Phi) is 7.90. The second-order valence-electron chi connectivity index (χ2n) is 8.79. The lowest BCUT2D eigenvalue weighted by Gasteiger charge is -2.40. The third-order valence-electron chi connectivity index (χ3n) is 6.98. The molecule has 9 heteroatoms. The largest absolute Gasteiger partial charge is 1.00 e. The highest BCUT2D eigenvalue weighted by Crippen LogP contribution is 2.37. The minimum absolute atomic E-state index is 0. The van der Waals surface area contributed by atoms with Crippen molar-refractivity contribution in [2.24, 2.45) is 0 Å². The normalized spacial score (nSPS) is 17.9. The van der Waals surface area contributed by atoms with Crippen LogP contribution in [0.3, 0.4) is 0 Å². The quantitative estimate of drug-likeness (QED) is 0.490. The molecule has 8 nitrogen and oxygen atoms in total. The zero-order valence-electron chi connectivity index (χ0n) is 19.8. The van der Waals surface area contributed by atoms with Crippen molar-refractivity contribution in [2.75, 3.05) is 45.3 Å². The van der Waals surface area contributed by atoms with Gasteiger partial charge in [0.15, 0.2) is 5.82 Å². The summed E-state index contributed by atoms with van der Waals surface area (Å²) in [6.45, 7) is 3.69. The first-order valence-electron chi connectivity index (χ1n) is 11.8. The lowest BCUT2D eigenvalue weighted by molar-refractivity contribution is -0.00000745. The van der Waals surface area contributed by atoms with Crippen LogP contribution in [0.4, 0.5) is 5.69 Å². The molecule has 0 bridgehead atoms. The maximum absolute atomic E-state index is 5.77. The highest BCUT2D eigenvalue weighted by molar-refractivity contribution is 5.49. The van der Waals surface area contributed by atoms with Gasteiger partial charge in [-0.2, -0.15) is 0 Å². The van der Waals surface area contributed by atoms with E-state index in [-0.39, 0.29) is 18.4 Å². The Labute approximate surface area is 207 Å². The van der Waals surface area contributed by atoms with Crippen molar-refractivity contribution in [1.82, 2.24) is 25.1 Å². The standard InChI is InChI=1S/C25H32N6O2.ClH/c1-32-21-13-11-19(12-14-21)29-15-17-30(18-16-29)24(22-9-5-6-10-23(22)33-2)25-26-27-28-31(25)20-7-3-4-8-20;/h5-6,9-14,20,24H,3-4,7-8,15-18H2,1-2H3;1H/p-1. The number of methoxy groups -OCH3 is 2. The Morgan fingerprint density at radius 1 is 0.882 bits per heavy atom. The lowest BCUT2D eigenvalue weighted by atomic mass is 10.0. The van der Waals surface area contributed by atoms with Gasteiger partial charge >= 0.3 is 0 Å². The predicted molar refractivity (Wildman–Crippen MR) is 127 cm³/mol. The van der Waals surface area contributed by atoms with Crippen molar-refractivity contribution in [3.05, 3.63) is 59.9 Å². The Bertz CT molecular complexity index is 1050.